The van der Waals surface area contributed by atoms with Crippen LogP contribution in [0.1, 0.15) is 48.5 Å². The fraction of sp³-hybridized carbons (Fsp3) is 0.500. The molecule has 1 aliphatic carbocycles. The molecule has 0 aromatic heterocycles. The van der Waals surface area contributed by atoms with Crippen molar-refractivity contribution in [2.24, 2.45) is 0 Å². The van der Waals surface area contributed by atoms with Gasteiger partial charge in [0.05, 0.1) is 11.7 Å². The van der Waals surface area contributed by atoms with Crippen molar-refractivity contribution in [3.63, 3.8) is 0 Å². The van der Waals surface area contributed by atoms with Gasteiger partial charge in [-0.05, 0) is 48.9 Å². The molecule has 4 heteroatoms. The Morgan fingerprint density at radius 3 is 2.38 bits per heavy atom. The predicted octanol–water partition coefficient (Wildman–Crippen LogP) is 3.64. The van der Waals surface area contributed by atoms with Gasteiger partial charge in [0.2, 0.25) is 0 Å². The van der Waals surface area contributed by atoms with Crippen LogP contribution >= 0.6 is 0 Å². The van der Waals surface area contributed by atoms with E-state index >= 15 is 0 Å². The van der Waals surface area contributed by atoms with Crippen LogP contribution in [-0.2, 0) is 6.18 Å². The van der Waals surface area contributed by atoms with Crippen LogP contribution in [0.3, 0.4) is 0 Å². The number of hydrogen-bond acceptors (Lipinski definition) is 1. The van der Waals surface area contributed by atoms with Crippen molar-refractivity contribution in [3.8, 4) is 0 Å². The topological polar surface area (TPSA) is 20.2 Å². The Morgan fingerprint density at radius 1 is 1.31 bits per heavy atom. The normalized spacial score (nSPS) is 18.6. The molecule has 0 heterocycles. The molecule has 0 saturated heterocycles. The SMILES string of the molecule is CC(O)c1cc(C(F)(F)F)ccc1C1CC1. The molecule has 16 heavy (non-hydrogen) atoms. The van der Waals surface area contributed by atoms with Crippen LogP contribution in [0.25, 0.3) is 0 Å². The molecule has 1 unspecified atom stereocenters. The lowest BCUT2D eigenvalue weighted by molar-refractivity contribution is -0.137. The molecule has 88 valence electrons. The fourth-order valence-electron chi connectivity index (χ4n) is 1.88. The Labute approximate surface area is 91.9 Å². The van der Waals surface area contributed by atoms with Crippen LogP contribution < -0.4 is 0 Å². The molecule has 0 amide bonds. The average Bonchev–Trinajstić information content (AvgIpc) is 2.98. The van der Waals surface area contributed by atoms with E-state index in [0.29, 0.717) is 11.5 Å². The number of benzene rings is 1. The van der Waals surface area contributed by atoms with Gasteiger partial charge in [0.1, 0.15) is 0 Å². The zero-order valence-corrected chi connectivity index (χ0v) is 8.88. The summed E-state index contributed by atoms with van der Waals surface area (Å²) in [5, 5.41) is 9.50. The summed E-state index contributed by atoms with van der Waals surface area (Å²) in [6.07, 6.45) is -3.18. The maximum atomic E-state index is 12.5. The molecule has 1 N–H and O–H groups in total. The number of hydrogen-bond donors (Lipinski definition) is 1. The second kappa shape index (κ2) is 3.77. The van der Waals surface area contributed by atoms with E-state index in [2.05, 4.69) is 0 Å². The molecule has 0 aliphatic heterocycles. The first-order chi connectivity index (χ1) is 7.39. The third-order valence-corrected chi connectivity index (χ3v) is 2.88. The highest BCUT2D eigenvalue weighted by Gasteiger charge is 2.33. The van der Waals surface area contributed by atoms with Crippen LogP contribution in [0.5, 0.6) is 0 Å². The van der Waals surface area contributed by atoms with E-state index in [1.54, 1.807) is 0 Å². The molecule has 1 atom stereocenters. The summed E-state index contributed by atoms with van der Waals surface area (Å²) >= 11 is 0. The molecule has 0 radical (unpaired) electrons. The number of alkyl halides is 3. The van der Waals surface area contributed by atoms with Crippen molar-refractivity contribution in [1.82, 2.24) is 0 Å². The van der Waals surface area contributed by atoms with E-state index in [9.17, 15) is 18.3 Å². The monoisotopic (exact) mass is 230 g/mol. The van der Waals surface area contributed by atoms with Gasteiger partial charge in [-0.2, -0.15) is 13.2 Å². The second-order valence-electron chi connectivity index (χ2n) is 4.29. The molecule has 1 nitrogen and oxygen atoms in total. The summed E-state index contributed by atoms with van der Waals surface area (Å²) in [5.74, 6) is 0.340. The lowest BCUT2D eigenvalue weighted by Gasteiger charge is -2.15. The minimum atomic E-state index is -4.34. The molecule has 1 aromatic rings. The number of rotatable bonds is 2. The highest BCUT2D eigenvalue weighted by atomic mass is 19.4. The molecule has 0 bridgehead atoms. The van der Waals surface area contributed by atoms with Gasteiger partial charge >= 0.3 is 6.18 Å². The minimum Gasteiger partial charge on any atom is -0.389 e. The third-order valence-electron chi connectivity index (χ3n) is 2.88. The minimum absolute atomic E-state index is 0.340. The van der Waals surface area contributed by atoms with Gasteiger partial charge in [0, 0.05) is 0 Å². The van der Waals surface area contributed by atoms with Gasteiger partial charge in [-0.25, -0.2) is 0 Å². The zero-order valence-electron chi connectivity index (χ0n) is 8.88. The van der Waals surface area contributed by atoms with Crippen molar-refractivity contribution in [3.05, 3.63) is 34.9 Å². The fourth-order valence-corrected chi connectivity index (χ4v) is 1.88. The molecule has 2 rings (SSSR count). The largest absolute Gasteiger partial charge is 0.416 e. The van der Waals surface area contributed by atoms with Crippen LogP contribution in [0, 0.1) is 0 Å². The van der Waals surface area contributed by atoms with E-state index in [1.807, 2.05) is 0 Å². The van der Waals surface area contributed by atoms with Crippen molar-refractivity contribution in [1.29, 1.82) is 0 Å². The van der Waals surface area contributed by atoms with Gasteiger partial charge in [-0.3, -0.25) is 0 Å². The van der Waals surface area contributed by atoms with E-state index in [0.717, 1.165) is 30.5 Å². The highest BCUT2D eigenvalue weighted by molar-refractivity contribution is 5.38. The summed E-state index contributed by atoms with van der Waals surface area (Å²) in [7, 11) is 0. The van der Waals surface area contributed by atoms with Crippen LogP contribution in [0.4, 0.5) is 13.2 Å². The molecule has 1 aliphatic rings. The zero-order chi connectivity index (χ0) is 11.9. The first-order valence-electron chi connectivity index (χ1n) is 5.28. The van der Waals surface area contributed by atoms with Gasteiger partial charge < -0.3 is 5.11 Å². The van der Waals surface area contributed by atoms with Crippen LogP contribution in [0.15, 0.2) is 18.2 Å². The van der Waals surface area contributed by atoms with Gasteiger partial charge in [0.25, 0.3) is 0 Å². The third kappa shape index (κ3) is 2.21. The predicted molar refractivity (Wildman–Crippen MR) is 54.1 cm³/mol. The summed E-state index contributed by atoms with van der Waals surface area (Å²) in [4.78, 5) is 0. The first kappa shape index (κ1) is 11.5. The number of aliphatic hydroxyl groups is 1. The smallest absolute Gasteiger partial charge is 0.389 e. The number of aliphatic hydroxyl groups excluding tert-OH is 1. The van der Waals surface area contributed by atoms with E-state index < -0.39 is 17.8 Å². The van der Waals surface area contributed by atoms with Crippen molar-refractivity contribution in [2.45, 2.75) is 38.0 Å². The lowest BCUT2D eigenvalue weighted by Crippen LogP contribution is -2.08. The van der Waals surface area contributed by atoms with Crippen LogP contribution in [0.2, 0.25) is 0 Å². The Balaban J connectivity index is 2.43. The van der Waals surface area contributed by atoms with Crippen molar-refractivity contribution in [2.75, 3.05) is 0 Å². The molecular formula is C12H13F3O. The second-order valence-corrected chi connectivity index (χ2v) is 4.29. The number of halogens is 3. The molecule has 0 spiro atoms. The molecular weight excluding hydrogens is 217 g/mol. The highest BCUT2D eigenvalue weighted by Crippen LogP contribution is 2.44. The maximum Gasteiger partial charge on any atom is 0.416 e. The standard InChI is InChI=1S/C12H13F3O/c1-7(16)11-6-9(12(13,14)15)4-5-10(11)8-2-3-8/h4-8,16H,2-3H2,1H3. The Hall–Kier alpha value is -1.03. The quantitative estimate of drug-likeness (QED) is 0.822. The lowest BCUT2D eigenvalue weighted by atomic mass is 9.97. The van der Waals surface area contributed by atoms with Gasteiger partial charge in [0.15, 0.2) is 0 Å². The van der Waals surface area contributed by atoms with Crippen molar-refractivity contribution < 1.29 is 18.3 Å². The van der Waals surface area contributed by atoms with Gasteiger partial charge in [-0.1, -0.05) is 6.07 Å². The summed E-state index contributed by atoms with van der Waals surface area (Å²) < 4.78 is 37.5. The molecule has 1 fully saturated rings. The van der Waals surface area contributed by atoms with E-state index in [4.69, 9.17) is 0 Å². The molecule has 1 saturated carbocycles. The summed E-state index contributed by atoms with van der Waals surface area (Å²) in [5.41, 5.74) is 0.591. The first-order valence-corrected chi connectivity index (χ1v) is 5.28. The Morgan fingerprint density at radius 2 is 1.94 bits per heavy atom. The Kier molecular flexibility index (Phi) is 2.70. The maximum absolute atomic E-state index is 12.5. The average molecular weight is 230 g/mol. The Bertz CT molecular complexity index is 392. The van der Waals surface area contributed by atoms with E-state index in [1.165, 1.54) is 13.0 Å². The van der Waals surface area contributed by atoms with Crippen LogP contribution in [-0.4, -0.2) is 5.11 Å². The summed E-state index contributed by atoms with van der Waals surface area (Å²) in [6.45, 7) is 1.50. The van der Waals surface area contributed by atoms with Gasteiger partial charge in [-0.15, -0.1) is 0 Å². The molecule has 1 aromatic carbocycles. The van der Waals surface area contributed by atoms with Crippen molar-refractivity contribution >= 4 is 0 Å². The summed E-state index contributed by atoms with van der Waals surface area (Å²) in [6, 6.07) is 3.67. The van der Waals surface area contributed by atoms with E-state index in [-0.39, 0.29) is 0 Å².